The molecule has 0 aromatic carbocycles. The number of hydrogen-bond acceptors (Lipinski definition) is 7. The minimum atomic E-state index is -0.608. The molecule has 1 aliphatic carbocycles. The summed E-state index contributed by atoms with van der Waals surface area (Å²) in [5.74, 6) is -0.892. The van der Waals surface area contributed by atoms with Gasteiger partial charge in [-0.1, -0.05) is 6.07 Å². The summed E-state index contributed by atoms with van der Waals surface area (Å²) in [4.78, 5) is 40.7. The van der Waals surface area contributed by atoms with Crippen molar-refractivity contribution in [2.75, 3.05) is 0 Å². The van der Waals surface area contributed by atoms with Gasteiger partial charge in [-0.05, 0) is 44.0 Å². The number of nitrogens with zero attached hydrogens (tertiary/aromatic N) is 2. The Balaban J connectivity index is 1.49. The Morgan fingerprint density at radius 1 is 1.03 bits per heavy atom. The second kappa shape index (κ2) is 8.66. The average molecular weight is 421 g/mol. The van der Waals surface area contributed by atoms with Crippen molar-refractivity contribution in [1.29, 1.82) is 0 Å². The fourth-order valence-electron chi connectivity index (χ4n) is 3.31. The van der Waals surface area contributed by atoms with Crippen LogP contribution in [0.15, 0.2) is 56.7 Å². The molecule has 0 saturated carbocycles. The molecule has 31 heavy (non-hydrogen) atoms. The lowest BCUT2D eigenvalue weighted by molar-refractivity contribution is 0.0815. The molecule has 3 amide bonds. The summed E-state index contributed by atoms with van der Waals surface area (Å²) in [5, 5.41) is 4.25. The Bertz CT molecular complexity index is 1150. The third kappa shape index (κ3) is 4.22. The molecule has 0 fully saturated rings. The molecule has 10 nitrogen and oxygen atoms in total. The molecule has 3 aromatic rings. The lowest BCUT2D eigenvalue weighted by atomic mass is 9.93. The maximum Gasteiger partial charge on any atom is 0.305 e. The number of hydrazone groups is 1. The topological polar surface area (TPSA) is 139 Å². The number of nitrogens with one attached hydrogen (secondary N) is 3. The Labute approximate surface area is 176 Å². The fraction of sp³-hybridized carbons (Fsp3) is 0.190. The van der Waals surface area contributed by atoms with Gasteiger partial charge in [0.2, 0.25) is 0 Å². The first-order chi connectivity index (χ1) is 15.0. The lowest BCUT2D eigenvalue weighted by Gasteiger charge is -2.13. The molecule has 3 N–H and O–H groups in total. The van der Waals surface area contributed by atoms with Crippen LogP contribution in [-0.4, -0.2) is 28.4 Å². The zero-order chi connectivity index (χ0) is 21.8. The number of fused-ring (bicyclic) bond motifs is 1. The minimum absolute atomic E-state index is 0.0637. The van der Waals surface area contributed by atoms with Crippen LogP contribution in [-0.2, 0) is 6.42 Å². The summed E-state index contributed by atoms with van der Waals surface area (Å²) in [7, 11) is 0. The SMILES string of the molecule is Cc1c(C(=O)NNC(=O)c2ccco2)oc2c1/C(=N/NC(=O)c1ccccn1)CCC2. The molecule has 0 unspecified atom stereocenters. The van der Waals surface area contributed by atoms with Crippen molar-refractivity contribution in [1.82, 2.24) is 21.3 Å². The molecule has 0 aliphatic heterocycles. The monoisotopic (exact) mass is 421 g/mol. The van der Waals surface area contributed by atoms with Crippen LogP contribution >= 0.6 is 0 Å². The number of aryl methyl sites for hydroxylation is 1. The van der Waals surface area contributed by atoms with Crippen LogP contribution in [0.1, 0.15) is 61.3 Å². The number of amides is 3. The van der Waals surface area contributed by atoms with E-state index in [0.717, 1.165) is 6.42 Å². The first-order valence-electron chi connectivity index (χ1n) is 9.59. The molecule has 0 radical (unpaired) electrons. The van der Waals surface area contributed by atoms with E-state index in [4.69, 9.17) is 8.83 Å². The van der Waals surface area contributed by atoms with Crippen molar-refractivity contribution < 1.29 is 23.2 Å². The summed E-state index contributed by atoms with van der Waals surface area (Å²) < 4.78 is 10.7. The Kier molecular flexibility index (Phi) is 5.61. The van der Waals surface area contributed by atoms with Crippen molar-refractivity contribution in [3.63, 3.8) is 0 Å². The van der Waals surface area contributed by atoms with E-state index in [9.17, 15) is 14.4 Å². The molecule has 10 heteroatoms. The standard InChI is InChI=1S/C21H19N5O5/c1-12-17-13(23-24-19(27)14-6-2-3-10-22-14)7-4-8-15(17)31-18(12)21(29)26-25-20(28)16-9-5-11-30-16/h2-3,5-6,9-11H,4,7-8H2,1H3,(H,24,27)(H,25,28)(H,26,29)/b23-13+. The van der Waals surface area contributed by atoms with Gasteiger partial charge in [0.15, 0.2) is 11.5 Å². The number of furan rings is 2. The predicted octanol–water partition coefficient (Wildman–Crippen LogP) is 2.12. The van der Waals surface area contributed by atoms with Crippen molar-refractivity contribution in [2.24, 2.45) is 5.10 Å². The van der Waals surface area contributed by atoms with Gasteiger partial charge >= 0.3 is 11.8 Å². The zero-order valence-electron chi connectivity index (χ0n) is 16.6. The largest absolute Gasteiger partial charge is 0.459 e. The highest BCUT2D eigenvalue weighted by Crippen LogP contribution is 2.29. The van der Waals surface area contributed by atoms with Gasteiger partial charge in [0.05, 0.1) is 12.0 Å². The van der Waals surface area contributed by atoms with Crippen molar-refractivity contribution in [3.05, 3.63) is 76.9 Å². The molecule has 0 bridgehead atoms. The number of aromatic nitrogens is 1. The number of carbonyl (C=O) groups excluding carboxylic acids is 3. The normalized spacial score (nSPS) is 14.0. The van der Waals surface area contributed by atoms with Crippen LogP contribution < -0.4 is 16.3 Å². The van der Waals surface area contributed by atoms with Crippen LogP contribution in [0.2, 0.25) is 0 Å². The highest BCUT2D eigenvalue weighted by atomic mass is 16.4. The summed E-state index contributed by atoms with van der Waals surface area (Å²) in [6.45, 7) is 1.73. The molecule has 3 aromatic heterocycles. The Morgan fingerprint density at radius 3 is 2.61 bits per heavy atom. The van der Waals surface area contributed by atoms with Gasteiger partial charge in [-0.3, -0.25) is 30.2 Å². The van der Waals surface area contributed by atoms with E-state index >= 15 is 0 Å². The number of rotatable bonds is 4. The van der Waals surface area contributed by atoms with Crippen LogP contribution in [0.5, 0.6) is 0 Å². The van der Waals surface area contributed by atoms with Crippen LogP contribution in [0.25, 0.3) is 0 Å². The van der Waals surface area contributed by atoms with E-state index in [1.54, 1.807) is 31.2 Å². The number of pyridine rings is 1. The Hall–Kier alpha value is -4.21. The van der Waals surface area contributed by atoms with Gasteiger partial charge in [-0.25, -0.2) is 5.43 Å². The van der Waals surface area contributed by atoms with E-state index in [1.807, 2.05) is 0 Å². The maximum atomic E-state index is 12.5. The second-order valence-electron chi connectivity index (χ2n) is 6.81. The Morgan fingerprint density at radius 2 is 1.87 bits per heavy atom. The van der Waals surface area contributed by atoms with E-state index < -0.39 is 17.7 Å². The van der Waals surface area contributed by atoms with Crippen molar-refractivity contribution >= 4 is 23.4 Å². The highest BCUT2D eigenvalue weighted by molar-refractivity contribution is 6.07. The van der Waals surface area contributed by atoms with Crippen molar-refractivity contribution in [2.45, 2.75) is 26.2 Å². The molecule has 0 atom stereocenters. The summed E-state index contributed by atoms with van der Waals surface area (Å²) in [6, 6.07) is 8.05. The maximum absolute atomic E-state index is 12.5. The third-order valence-electron chi connectivity index (χ3n) is 4.76. The van der Waals surface area contributed by atoms with E-state index in [-0.39, 0.29) is 17.2 Å². The number of hydrazine groups is 1. The van der Waals surface area contributed by atoms with Gasteiger partial charge in [0, 0.05) is 23.7 Å². The average Bonchev–Trinajstić information content (AvgIpc) is 3.45. The fourth-order valence-corrected chi connectivity index (χ4v) is 3.31. The molecule has 3 heterocycles. The van der Waals surface area contributed by atoms with Crippen LogP contribution in [0, 0.1) is 6.92 Å². The van der Waals surface area contributed by atoms with E-state index in [1.165, 1.54) is 18.5 Å². The third-order valence-corrected chi connectivity index (χ3v) is 4.76. The summed E-state index contributed by atoms with van der Waals surface area (Å²) in [6.07, 6.45) is 4.89. The molecule has 4 rings (SSSR count). The molecule has 1 aliphatic rings. The first kappa shape index (κ1) is 20.1. The number of hydrogen-bond donors (Lipinski definition) is 3. The quantitative estimate of drug-likeness (QED) is 0.552. The molecular weight excluding hydrogens is 402 g/mol. The molecule has 158 valence electrons. The van der Waals surface area contributed by atoms with Gasteiger partial charge in [-0.2, -0.15) is 5.10 Å². The molecule has 0 spiro atoms. The highest BCUT2D eigenvalue weighted by Gasteiger charge is 2.28. The second-order valence-corrected chi connectivity index (χ2v) is 6.81. The van der Waals surface area contributed by atoms with Crippen molar-refractivity contribution in [3.8, 4) is 0 Å². The van der Waals surface area contributed by atoms with Gasteiger partial charge < -0.3 is 8.83 Å². The molecule has 0 saturated heterocycles. The summed E-state index contributed by atoms with van der Waals surface area (Å²) >= 11 is 0. The number of carbonyl (C=O) groups is 3. The van der Waals surface area contributed by atoms with E-state index in [2.05, 4.69) is 26.4 Å². The minimum Gasteiger partial charge on any atom is -0.459 e. The predicted molar refractivity (Wildman–Crippen MR) is 108 cm³/mol. The first-order valence-corrected chi connectivity index (χ1v) is 9.59. The lowest BCUT2D eigenvalue weighted by Crippen LogP contribution is -2.41. The van der Waals surface area contributed by atoms with Crippen LogP contribution in [0.4, 0.5) is 0 Å². The van der Waals surface area contributed by atoms with E-state index in [0.29, 0.717) is 35.4 Å². The molecular formula is C21H19N5O5. The van der Waals surface area contributed by atoms with Gasteiger partial charge in [0.1, 0.15) is 11.5 Å². The summed E-state index contributed by atoms with van der Waals surface area (Å²) in [5.41, 5.74) is 9.22. The smallest absolute Gasteiger partial charge is 0.305 e. The van der Waals surface area contributed by atoms with Gasteiger partial charge in [0.25, 0.3) is 5.91 Å². The van der Waals surface area contributed by atoms with Gasteiger partial charge in [-0.15, -0.1) is 0 Å². The van der Waals surface area contributed by atoms with Crippen LogP contribution in [0.3, 0.4) is 0 Å². The zero-order valence-corrected chi connectivity index (χ0v) is 16.6.